The SMILES string of the molecule is c1cc([C@@H]2N(C3CCNCC3)CC23CCCCC3)ccn1. The first-order valence-corrected chi connectivity index (χ1v) is 8.75. The van der Waals surface area contributed by atoms with Gasteiger partial charge >= 0.3 is 0 Å². The zero-order chi connectivity index (χ0) is 14.1. The Balaban J connectivity index is 1.60. The number of rotatable bonds is 2. The van der Waals surface area contributed by atoms with Crippen molar-refractivity contribution >= 4 is 0 Å². The fourth-order valence-electron chi connectivity index (χ4n) is 5.04. The summed E-state index contributed by atoms with van der Waals surface area (Å²) in [6.07, 6.45) is 13.8. The maximum Gasteiger partial charge on any atom is 0.0420 e. The van der Waals surface area contributed by atoms with E-state index in [1.54, 1.807) is 0 Å². The van der Waals surface area contributed by atoms with Gasteiger partial charge in [0.05, 0.1) is 0 Å². The normalized spacial score (nSPS) is 30.2. The minimum absolute atomic E-state index is 0.574. The molecule has 0 unspecified atom stereocenters. The van der Waals surface area contributed by atoms with Crippen molar-refractivity contribution in [1.82, 2.24) is 15.2 Å². The maximum absolute atomic E-state index is 4.23. The molecule has 1 atom stereocenters. The van der Waals surface area contributed by atoms with E-state index in [0.717, 1.165) is 6.04 Å². The van der Waals surface area contributed by atoms with Crippen molar-refractivity contribution in [1.29, 1.82) is 0 Å². The van der Waals surface area contributed by atoms with Gasteiger partial charge in [0.25, 0.3) is 0 Å². The van der Waals surface area contributed by atoms with E-state index in [1.807, 2.05) is 12.4 Å². The van der Waals surface area contributed by atoms with Gasteiger partial charge in [-0.3, -0.25) is 9.88 Å². The Morgan fingerprint density at radius 1 is 1.05 bits per heavy atom. The van der Waals surface area contributed by atoms with Crippen molar-refractivity contribution in [2.45, 2.75) is 57.0 Å². The lowest BCUT2D eigenvalue weighted by Crippen LogP contribution is -2.63. The van der Waals surface area contributed by atoms with Gasteiger partial charge in [0.1, 0.15) is 0 Å². The summed E-state index contributed by atoms with van der Waals surface area (Å²) in [5.41, 5.74) is 2.08. The highest BCUT2D eigenvalue weighted by Crippen LogP contribution is 2.58. The minimum Gasteiger partial charge on any atom is -0.317 e. The van der Waals surface area contributed by atoms with Crippen LogP contribution in [0, 0.1) is 5.41 Å². The molecule has 2 saturated heterocycles. The number of pyridine rings is 1. The van der Waals surface area contributed by atoms with E-state index in [1.165, 1.54) is 70.1 Å². The van der Waals surface area contributed by atoms with Crippen molar-refractivity contribution < 1.29 is 0 Å². The third-order valence-electron chi connectivity index (χ3n) is 6.06. The number of hydrogen-bond donors (Lipinski definition) is 1. The summed E-state index contributed by atoms with van der Waals surface area (Å²) in [7, 11) is 0. The molecular formula is C18H27N3. The molecule has 1 saturated carbocycles. The van der Waals surface area contributed by atoms with Crippen LogP contribution in [0.5, 0.6) is 0 Å². The summed E-state index contributed by atoms with van der Waals surface area (Å²) in [5.74, 6) is 0. The lowest BCUT2D eigenvalue weighted by molar-refractivity contribution is -0.129. The van der Waals surface area contributed by atoms with Gasteiger partial charge in [0.2, 0.25) is 0 Å². The van der Waals surface area contributed by atoms with Gasteiger partial charge < -0.3 is 5.32 Å². The lowest BCUT2D eigenvalue weighted by atomic mass is 9.60. The fraction of sp³-hybridized carbons (Fsp3) is 0.722. The van der Waals surface area contributed by atoms with Crippen LogP contribution in [0.2, 0.25) is 0 Å². The summed E-state index contributed by atoms with van der Waals surface area (Å²) in [6, 6.07) is 5.96. The molecular weight excluding hydrogens is 258 g/mol. The molecule has 1 aromatic heterocycles. The second-order valence-corrected chi connectivity index (χ2v) is 7.26. The Kier molecular flexibility index (Phi) is 3.72. The smallest absolute Gasteiger partial charge is 0.0420 e. The second-order valence-electron chi connectivity index (χ2n) is 7.26. The predicted octanol–water partition coefficient (Wildman–Crippen LogP) is 3.14. The summed E-state index contributed by atoms with van der Waals surface area (Å²) >= 11 is 0. The molecule has 21 heavy (non-hydrogen) atoms. The summed E-state index contributed by atoms with van der Waals surface area (Å²) < 4.78 is 0. The van der Waals surface area contributed by atoms with Gasteiger partial charge in [-0.2, -0.15) is 0 Å². The quantitative estimate of drug-likeness (QED) is 0.905. The lowest BCUT2D eigenvalue weighted by Gasteiger charge is -2.62. The van der Waals surface area contributed by atoms with Crippen LogP contribution in [-0.2, 0) is 0 Å². The molecule has 4 rings (SSSR count). The summed E-state index contributed by atoms with van der Waals surface area (Å²) in [4.78, 5) is 7.05. The van der Waals surface area contributed by atoms with Gasteiger partial charge in [-0.15, -0.1) is 0 Å². The molecule has 0 bridgehead atoms. The Morgan fingerprint density at radius 2 is 1.76 bits per heavy atom. The Bertz CT molecular complexity index is 461. The van der Waals surface area contributed by atoms with Crippen LogP contribution in [-0.4, -0.2) is 35.6 Å². The number of hydrogen-bond acceptors (Lipinski definition) is 3. The van der Waals surface area contributed by atoms with E-state index in [2.05, 4.69) is 27.3 Å². The van der Waals surface area contributed by atoms with Gasteiger partial charge in [-0.25, -0.2) is 0 Å². The number of aromatic nitrogens is 1. The molecule has 1 N–H and O–H groups in total. The van der Waals surface area contributed by atoms with Crippen LogP contribution in [0.4, 0.5) is 0 Å². The number of nitrogens with zero attached hydrogens (tertiary/aromatic N) is 2. The molecule has 3 fully saturated rings. The number of likely N-dealkylation sites (tertiary alicyclic amines) is 1. The van der Waals surface area contributed by atoms with Gasteiger partial charge in [-0.05, 0) is 56.5 Å². The monoisotopic (exact) mass is 285 g/mol. The van der Waals surface area contributed by atoms with E-state index in [9.17, 15) is 0 Å². The Labute approximate surface area is 128 Å². The van der Waals surface area contributed by atoms with Crippen LogP contribution in [0.1, 0.15) is 56.6 Å². The van der Waals surface area contributed by atoms with Crippen LogP contribution in [0.3, 0.4) is 0 Å². The standard InChI is InChI=1S/C18H27N3/c1-2-8-18(9-3-1)14-21(16-6-12-20-13-7-16)17(18)15-4-10-19-11-5-15/h4-5,10-11,16-17,20H,1-3,6-9,12-14H2/t17-/m0/s1. The zero-order valence-electron chi connectivity index (χ0n) is 12.9. The van der Waals surface area contributed by atoms with Crippen LogP contribution in [0.15, 0.2) is 24.5 Å². The molecule has 3 heterocycles. The van der Waals surface area contributed by atoms with Crippen molar-refractivity contribution in [2.24, 2.45) is 5.41 Å². The zero-order valence-corrected chi connectivity index (χ0v) is 12.9. The van der Waals surface area contributed by atoms with Crippen molar-refractivity contribution in [2.75, 3.05) is 19.6 Å². The van der Waals surface area contributed by atoms with E-state index in [0.29, 0.717) is 11.5 Å². The first-order chi connectivity index (χ1) is 10.4. The first kappa shape index (κ1) is 13.7. The van der Waals surface area contributed by atoms with Crippen molar-refractivity contribution in [3.63, 3.8) is 0 Å². The number of piperidine rings is 1. The Hall–Kier alpha value is -0.930. The molecule has 2 aliphatic heterocycles. The molecule has 1 aliphatic carbocycles. The molecule has 0 radical (unpaired) electrons. The average molecular weight is 285 g/mol. The molecule has 0 aromatic carbocycles. The van der Waals surface area contributed by atoms with Gasteiger partial charge in [0, 0.05) is 36.4 Å². The molecule has 1 aromatic rings. The topological polar surface area (TPSA) is 28.2 Å². The molecule has 0 amide bonds. The first-order valence-electron chi connectivity index (χ1n) is 8.75. The minimum atomic E-state index is 0.574. The molecule has 3 aliphatic rings. The van der Waals surface area contributed by atoms with Crippen molar-refractivity contribution in [3.8, 4) is 0 Å². The molecule has 1 spiro atoms. The maximum atomic E-state index is 4.23. The van der Waals surface area contributed by atoms with Crippen LogP contribution >= 0.6 is 0 Å². The van der Waals surface area contributed by atoms with E-state index < -0.39 is 0 Å². The van der Waals surface area contributed by atoms with Crippen LogP contribution in [0.25, 0.3) is 0 Å². The predicted molar refractivity (Wildman–Crippen MR) is 85.1 cm³/mol. The molecule has 3 nitrogen and oxygen atoms in total. The molecule has 3 heteroatoms. The van der Waals surface area contributed by atoms with E-state index >= 15 is 0 Å². The fourth-order valence-corrected chi connectivity index (χ4v) is 5.04. The Morgan fingerprint density at radius 3 is 2.48 bits per heavy atom. The van der Waals surface area contributed by atoms with Gasteiger partial charge in [-0.1, -0.05) is 19.3 Å². The third-order valence-corrected chi connectivity index (χ3v) is 6.06. The average Bonchev–Trinajstić information content (AvgIpc) is 2.55. The van der Waals surface area contributed by atoms with Crippen LogP contribution < -0.4 is 5.32 Å². The van der Waals surface area contributed by atoms with E-state index in [-0.39, 0.29) is 0 Å². The van der Waals surface area contributed by atoms with Crippen molar-refractivity contribution in [3.05, 3.63) is 30.1 Å². The number of nitrogens with one attached hydrogen (secondary N) is 1. The second kappa shape index (κ2) is 5.69. The third kappa shape index (κ3) is 2.40. The van der Waals surface area contributed by atoms with E-state index in [4.69, 9.17) is 0 Å². The highest BCUT2D eigenvalue weighted by atomic mass is 15.3. The highest BCUT2D eigenvalue weighted by molar-refractivity contribution is 5.24. The summed E-state index contributed by atoms with van der Waals surface area (Å²) in [5, 5.41) is 3.51. The van der Waals surface area contributed by atoms with Gasteiger partial charge in [0.15, 0.2) is 0 Å². The summed E-state index contributed by atoms with van der Waals surface area (Å²) in [6.45, 7) is 3.72. The highest BCUT2D eigenvalue weighted by Gasteiger charge is 2.54. The molecule has 114 valence electrons. The largest absolute Gasteiger partial charge is 0.317 e.